The van der Waals surface area contributed by atoms with Crippen molar-refractivity contribution < 1.29 is 19.4 Å². The summed E-state index contributed by atoms with van der Waals surface area (Å²) in [5.74, 6) is -0.430. The Morgan fingerprint density at radius 2 is 1.95 bits per heavy atom. The first-order chi connectivity index (χ1) is 9.11. The Morgan fingerprint density at radius 1 is 1.26 bits per heavy atom. The minimum Gasteiger partial charge on any atom is -0.497 e. The normalized spacial score (nSPS) is 22.2. The lowest BCUT2D eigenvalue weighted by Gasteiger charge is -2.14. The molecule has 1 fully saturated rings. The summed E-state index contributed by atoms with van der Waals surface area (Å²) in [6, 6.07) is 6.95. The van der Waals surface area contributed by atoms with Crippen LogP contribution >= 0.6 is 0 Å². The molecule has 1 aromatic rings. The van der Waals surface area contributed by atoms with E-state index < -0.39 is 5.97 Å². The molecule has 4 heteroatoms. The quantitative estimate of drug-likeness (QED) is 0.829. The van der Waals surface area contributed by atoms with Gasteiger partial charge in [0.1, 0.15) is 5.75 Å². The lowest BCUT2D eigenvalue weighted by atomic mass is 9.89. The first-order valence-corrected chi connectivity index (χ1v) is 6.52. The van der Waals surface area contributed by atoms with Crippen LogP contribution in [-0.2, 0) is 4.79 Å². The van der Waals surface area contributed by atoms with Gasteiger partial charge < -0.3 is 9.84 Å². The van der Waals surface area contributed by atoms with Crippen molar-refractivity contribution in [2.24, 2.45) is 11.8 Å². The molecule has 0 bridgehead atoms. The molecular formula is C15H18O4. The predicted octanol–water partition coefficient (Wildman–Crippen LogP) is 2.77. The van der Waals surface area contributed by atoms with Crippen LogP contribution in [0.4, 0.5) is 0 Å². The third-order valence-corrected chi connectivity index (χ3v) is 3.84. The molecule has 4 nitrogen and oxygen atoms in total. The van der Waals surface area contributed by atoms with E-state index in [1.54, 1.807) is 31.4 Å². The molecule has 0 saturated heterocycles. The van der Waals surface area contributed by atoms with Gasteiger partial charge >= 0.3 is 5.97 Å². The number of carboxylic acid groups (broad SMARTS) is 1. The van der Waals surface area contributed by atoms with E-state index in [0.717, 1.165) is 12.8 Å². The standard InChI is InChI=1S/C15H18O4/c1-19-12-7-5-10(6-8-12)14(16)9-11-3-2-4-13(11)15(17)18/h5-8,11,13H,2-4,9H2,1H3,(H,17,18)/t11-,13+/m0/s1. The Morgan fingerprint density at radius 3 is 2.53 bits per heavy atom. The van der Waals surface area contributed by atoms with Crippen molar-refractivity contribution in [3.05, 3.63) is 29.8 Å². The third kappa shape index (κ3) is 3.13. The first kappa shape index (κ1) is 13.6. The second kappa shape index (κ2) is 5.87. The van der Waals surface area contributed by atoms with Gasteiger partial charge in [-0.1, -0.05) is 6.42 Å². The molecule has 2 atom stereocenters. The number of carbonyl (C=O) groups excluding carboxylic acids is 1. The van der Waals surface area contributed by atoms with Crippen molar-refractivity contribution in [3.63, 3.8) is 0 Å². The zero-order valence-corrected chi connectivity index (χ0v) is 11.0. The van der Waals surface area contributed by atoms with Gasteiger partial charge in [0.25, 0.3) is 0 Å². The summed E-state index contributed by atoms with van der Waals surface area (Å²) in [7, 11) is 1.58. The molecule has 0 unspecified atom stereocenters. The van der Waals surface area contributed by atoms with Crippen molar-refractivity contribution in [2.75, 3.05) is 7.11 Å². The van der Waals surface area contributed by atoms with Crippen molar-refractivity contribution in [1.82, 2.24) is 0 Å². The second-order valence-corrected chi connectivity index (χ2v) is 4.99. The summed E-state index contributed by atoms with van der Waals surface area (Å²) in [6.07, 6.45) is 2.75. The number of ether oxygens (including phenoxy) is 1. The van der Waals surface area contributed by atoms with Crippen LogP contribution in [0.25, 0.3) is 0 Å². The minimum absolute atomic E-state index is 0.0146. The average Bonchev–Trinajstić information content (AvgIpc) is 2.87. The number of ketones is 1. The predicted molar refractivity (Wildman–Crippen MR) is 70.4 cm³/mol. The van der Waals surface area contributed by atoms with Gasteiger partial charge in [-0.2, -0.15) is 0 Å². The zero-order valence-electron chi connectivity index (χ0n) is 11.0. The lowest BCUT2D eigenvalue weighted by molar-refractivity contribution is -0.142. The van der Waals surface area contributed by atoms with E-state index in [-0.39, 0.29) is 17.6 Å². The van der Waals surface area contributed by atoms with Gasteiger partial charge in [0, 0.05) is 12.0 Å². The molecule has 102 valence electrons. The molecule has 19 heavy (non-hydrogen) atoms. The number of hydrogen-bond acceptors (Lipinski definition) is 3. The molecular weight excluding hydrogens is 244 g/mol. The highest BCUT2D eigenvalue weighted by Gasteiger charge is 2.34. The summed E-state index contributed by atoms with van der Waals surface area (Å²) < 4.78 is 5.04. The van der Waals surface area contributed by atoms with E-state index >= 15 is 0 Å². The second-order valence-electron chi connectivity index (χ2n) is 4.99. The van der Waals surface area contributed by atoms with Crippen LogP contribution in [0.15, 0.2) is 24.3 Å². The van der Waals surface area contributed by atoms with Gasteiger partial charge in [0.05, 0.1) is 13.0 Å². The summed E-state index contributed by atoms with van der Waals surface area (Å²) >= 11 is 0. The Hall–Kier alpha value is -1.84. The van der Waals surface area contributed by atoms with Crippen molar-refractivity contribution >= 4 is 11.8 Å². The molecule has 0 aromatic heterocycles. The number of Topliss-reactive ketones (excluding diaryl/α,β-unsaturated/α-hetero) is 1. The average molecular weight is 262 g/mol. The lowest BCUT2D eigenvalue weighted by Crippen LogP contribution is -2.20. The van der Waals surface area contributed by atoms with Gasteiger partial charge in [-0.3, -0.25) is 9.59 Å². The van der Waals surface area contributed by atoms with Crippen LogP contribution in [0.3, 0.4) is 0 Å². The highest BCUT2D eigenvalue weighted by Crippen LogP contribution is 2.35. The van der Waals surface area contributed by atoms with Crippen LogP contribution in [0.5, 0.6) is 5.75 Å². The molecule has 1 aromatic carbocycles. The van der Waals surface area contributed by atoms with E-state index in [2.05, 4.69) is 0 Å². The van der Waals surface area contributed by atoms with E-state index in [9.17, 15) is 9.59 Å². The molecule has 1 aliphatic carbocycles. The van der Waals surface area contributed by atoms with Crippen molar-refractivity contribution in [2.45, 2.75) is 25.7 Å². The zero-order chi connectivity index (χ0) is 13.8. The largest absolute Gasteiger partial charge is 0.497 e. The van der Waals surface area contributed by atoms with Gasteiger partial charge in [0.15, 0.2) is 5.78 Å². The molecule has 1 aliphatic rings. The van der Waals surface area contributed by atoms with E-state index in [0.29, 0.717) is 24.2 Å². The van der Waals surface area contributed by atoms with Gasteiger partial charge in [-0.25, -0.2) is 0 Å². The van der Waals surface area contributed by atoms with Crippen LogP contribution in [0.2, 0.25) is 0 Å². The van der Waals surface area contributed by atoms with Crippen LogP contribution in [0.1, 0.15) is 36.0 Å². The monoisotopic (exact) mass is 262 g/mol. The van der Waals surface area contributed by atoms with Gasteiger partial charge in [0.2, 0.25) is 0 Å². The van der Waals surface area contributed by atoms with Crippen molar-refractivity contribution in [3.8, 4) is 5.75 Å². The third-order valence-electron chi connectivity index (χ3n) is 3.84. The van der Waals surface area contributed by atoms with Crippen LogP contribution in [-0.4, -0.2) is 24.0 Å². The minimum atomic E-state index is -0.773. The molecule has 0 heterocycles. The van der Waals surface area contributed by atoms with Gasteiger partial charge in [-0.05, 0) is 43.0 Å². The fourth-order valence-corrected chi connectivity index (χ4v) is 2.74. The van der Waals surface area contributed by atoms with Gasteiger partial charge in [-0.15, -0.1) is 0 Å². The molecule has 1 saturated carbocycles. The maximum Gasteiger partial charge on any atom is 0.306 e. The topological polar surface area (TPSA) is 63.6 Å². The number of rotatable bonds is 5. The number of benzene rings is 1. The number of methoxy groups -OCH3 is 1. The van der Waals surface area contributed by atoms with E-state index in [1.807, 2.05) is 0 Å². The summed E-state index contributed by atoms with van der Waals surface area (Å²) in [6.45, 7) is 0. The Labute approximate surface area is 112 Å². The molecule has 0 amide bonds. The number of carboxylic acids is 1. The summed E-state index contributed by atoms with van der Waals surface area (Å²) in [4.78, 5) is 23.2. The molecule has 0 radical (unpaired) electrons. The molecule has 2 rings (SSSR count). The summed E-state index contributed by atoms with van der Waals surface area (Å²) in [5.41, 5.74) is 0.622. The number of hydrogen-bond donors (Lipinski definition) is 1. The van der Waals surface area contributed by atoms with Crippen LogP contribution in [0, 0.1) is 11.8 Å². The van der Waals surface area contributed by atoms with Crippen LogP contribution < -0.4 is 4.74 Å². The fraction of sp³-hybridized carbons (Fsp3) is 0.467. The Kier molecular flexibility index (Phi) is 4.20. The van der Waals surface area contributed by atoms with Crippen molar-refractivity contribution in [1.29, 1.82) is 0 Å². The molecule has 0 aliphatic heterocycles. The SMILES string of the molecule is COc1ccc(C(=O)C[C@@H]2CCC[C@H]2C(=O)O)cc1. The highest BCUT2D eigenvalue weighted by atomic mass is 16.5. The molecule has 1 N–H and O–H groups in total. The Bertz CT molecular complexity index is 464. The number of carbonyl (C=O) groups is 2. The van der Waals surface area contributed by atoms with E-state index in [1.165, 1.54) is 0 Å². The Balaban J connectivity index is 2.01. The molecule has 0 spiro atoms. The fourth-order valence-electron chi connectivity index (χ4n) is 2.74. The maximum atomic E-state index is 12.1. The summed E-state index contributed by atoms with van der Waals surface area (Å²) in [5, 5.41) is 9.11. The first-order valence-electron chi connectivity index (χ1n) is 6.52. The van der Waals surface area contributed by atoms with E-state index in [4.69, 9.17) is 9.84 Å². The maximum absolute atomic E-state index is 12.1. The smallest absolute Gasteiger partial charge is 0.306 e. The number of aliphatic carboxylic acids is 1. The highest BCUT2D eigenvalue weighted by molar-refractivity contribution is 5.96.